The summed E-state index contributed by atoms with van der Waals surface area (Å²) in [4.78, 5) is 11.4. The first-order valence-electron chi connectivity index (χ1n) is 4.60. The number of carbonyl (C=O) groups is 1. The van der Waals surface area contributed by atoms with Gasteiger partial charge in [-0.05, 0) is 6.92 Å². The van der Waals surface area contributed by atoms with E-state index in [-0.39, 0.29) is 12.3 Å². The molecule has 0 aliphatic rings. The zero-order chi connectivity index (χ0) is 11.3. The van der Waals surface area contributed by atoms with Crippen molar-refractivity contribution < 1.29 is 4.79 Å². The largest absolute Gasteiger partial charge is 0.351 e. The van der Waals surface area contributed by atoms with E-state index in [1.807, 2.05) is 6.92 Å². The number of aryl methyl sites for hydroxylation is 1. The van der Waals surface area contributed by atoms with Crippen molar-refractivity contribution in [2.24, 2.45) is 5.73 Å². The Bertz CT molecular complexity index is 377. The molecule has 1 unspecified atom stereocenters. The van der Waals surface area contributed by atoms with E-state index < -0.39 is 6.04 Å². The van der Waals surface area contributed by atoms with Gasteiger partial charge >= 0.3 is 0 Å². The van der Waals surface area contributed by atoms with Crippen LogP contribution < -0.4 is 11.1 Å². The van der Waals surface area contributed by atoms with Gasteiger partial charge in [-0.3, -0.25) is 9.89 Å². The second-order valence-electron chi connectivity index (χ2n) is 3.25. The van der Waals surface area contributed by atoms with Crippen molar-refractivity contribution in [2.75, 3.05) is 0 Å². The molecule has 1 rings (SSSR count). The van der Waals surface area contributed by atoms with Gasteiger partial charge in [0.15, 0.2) is 0 Å². The molecule has 0 saturated heterocycles. The summed E-state index contributed by atoms with van der Waals surface area (Å²) >= 11 is 0. The van der Waals surface area contributed by atoms with Crippen LogP contribution in [0.5, 0.6) is 0 Å². The second kappa shape index (κ2) is 5.17. The van der Waals surface area contributed by atoms with Crippen molar-refractivity contribution in [3.63, 3.8) is 0 Å². The summed E-state index contributed by atoms with van der Waals surface area (Å²) in [6.07, 6.45) is 6.97. The van der Waals surface area contributed by atoms with Crippen LogP contribution in [0.1, 0.15) is 17.7 Å². The number of aromatic nitrogens is 2. The molecule has 1 amide bonds. The lowest BCUT2D eigenvalue weighted by atomic mass is 10.2. The molecule has 0 aliphatic heterocycles. The molecule has 0 aliphatic carbocycles. The highest BCUT2D eigenvalue weighted by atomic mass is 16.2. The fraction of sp³-hybridized carbons (Fsp3) is 0.400. The molecule has 0 aromatic carbocycles. The Hall–Kier alpha value is -1.80. The standard InChI is InChI=1S/C10H14N4O/c1-3-4-9(11)10(15)12-5-8-6-13-14-7(8)2/h1,6,9H,4-5,11H2,2H3,(H,12,15)(H,13,14). The van der Waals surface area contributed by atoms with Crippen LogP contribution in [-0.4, -0.2) is 22.1 Å². The molecule has 0 fully saturated rings. The van der Waals surface area contributed by atoms with Crippen molar-refractivity contribution in [3.05, 3.63) is 17.5 Å². The SMILES string of the molecule is C#CCC(N)C(=O)NCc1cn[nH]c1C. The third-order valence-corrected chi connectivity index (χ3v) is 2.06. The lowest BCUT2D eigenvalue weighted by molar-refractivity contribution is -0.122. The van der Waals surface area contributed by atoms with Crippen molar-refractivity contribution in [1.82, 2.24) is 15.5 Å². The van der Waals surface area contributed by atoms with Gasteiger partial charge in [-0.15, -0.1) is 12.3 Å². The Labute approximate surface area is 88.4 Å². The number of carbonyl (C=O) groups excluding carboxylic acids is 1. The van der Waals surface area contributed by atoms with E-state index in [0.29, 0.717) is 6.54 Å². The zero-order valence-corrected chi connectivity index (χ0v) is 8.58. The summed E-state index contributed by atoms with van der Waals surface area (Å²) in [5, 5.41) is 9.31. The molecule has 1 aromatic rings. The molecule has 0 saturated carbocycles. The molecular formula is C10H14N4O. The van der Waals surface area contributed by atoms with Crippen LogP contribution in [0.25, 0.3) is 0 Å². The van der Waals surface area contributed by atoms with Gasteiger partial charge in [-0.1, -0.05) is 0 Å². The van der Waals surface area contributed by atoms with Crippen LogP contribution in [0.2, 0.25) is 0 Å². The highest BCUT2D eigenvalue weighted by molar-refractivity contribution is 5.81. The van der Waals surface area contributed by atoms with Crippen LogP contribution in [0.3, 0.4) is 0 Å². The van der Waals surface area contributed by atoms with Gasteiger partial charge in [-0.25, -0.2) is 0 Å². The average Bonchev–Trinajstić information content (AvgIpc) is 2.61. The van der Waals surface area contributed by atoms with Crippen molar-refractivity contribution in [2.45, 2.75) is 25.9 Å². The van der Waals surface area contributed by atoms with Gasteiger partial charge in [0, 0.05) is 24.2 Å². The lowest BCUT2D eigenvalue weighted by Gasteiger charge is -2.08. The fourth-order valence-corrected chi connectivity index (χ4v) is 1.09. The normalized spacial score (nSPS) is 11.8. The quantitative estimate of drug-likeness (QED) is 0.590. The number of terminal acetylenes is 1. The molecule has 0 bridgehead atoms. The predicted octanol–water partition coefficient (Wildman–Crippen LogP) is -0.315. The smallest absolute Gasteiger partial charge is 0.238 e. The first-order valence-corrected chi connectivity index (χ1v) is 4.60. The maximum absolute atomic E-state index is 11.4. The summed E-state index contributed by atoms with van der Waals surface area (Å²) in [6.45, 7) is 2.30. The number of hydrogen-bond donors (Lipinski definition) is 3. The predicted molar refractivity (Wildman–Crippen MR) is 56.6 cm³/mol. The van der Waals surface area contributed by atoms with E-state index in [4.69, 9.17) is 12.2 Å². The maximum Gasteiger partial charge on any atom is 0.238 e. The molecule has 80 valence electrons. The number of amides is 1. The van der Waals surface area contributed by atoms with E-state index in [1.165, 1.54) is 0 Å². The van der Waals surface area contributed by atoms with Gasteiger partial charge in [0.2, 0.25) is 5.91 Å². The minimum atomic E-state index is -0.637. The Morgan fingerprint density at radius 3 is 3.13 bits per heavy atom. The van der Waals surface area contributed by atoms with Crippen LogP contribution in [0.4, 0.5) is 0 Å². The third kappa shape index (κ3) is 3.11. The highest BCUT2D eigenvalue weighted by Crippen LogP contribution is 2.01. The minimum absolute atomic E-state index is 0.242. The van der Waals surface area contributed by atoms with Gasteiger partial charge in [0.25, 0.3) is 0 Å². The Morgan fingerprint density at radius 1 is 1.87 bits per heavy atom. The molecule has 1 heterocycles. The number of H-pyrrole nitrogens is 1. The van der Waals surface area contributed by atoms with E-state index in [1.54, 1.807) is 6.20 Å². The van der Waals surface area contributed by atoms with Gasteiger partial charge in [0.1, 0.15) is 0 Å². The van der Waals surface area contributed by atoms with Gasteiger partial charge < -0.3 is 11.1 Å². The first-order chi connectivity index (χ1) is 7.15. The number of nitrogens with two attached hydrogens (primary N) is 1. The van der Waals surface area contributed by atoms with Crippen LogP contribution >= 0.6 is 0 Å². The van der Waals surface area contributed by atoms with E-state index in [2.05, 4.69) is 21.4 Å². The molecule has 0 radical (unpaired) electrons. The van der Waals surface area contributed by atoms with Crippen molar-refractivity contribution in [1.29, 1.82) is 0 Å². The minimum Gasteiger partial charge on any atom is -0.351 e. The summed E-state index contributed by atoms with van der Waals surface area (Å²) in [6, 6.07) is -0.637. The number of aromatic amines is 1. The van der Waals surface area contributed by atoms with Gasteiger partial charge in [0.05, 0.1) is 12.2 Å². The second-order valence-corrected chi connectivity index (χ2v) is 3.25. The van der Waals surface area contributed by atoms with Crippen molar-refractivity contribution >= 4 is 5.91 Å². The number of nitrogens with zero attached hydrogens (tertiary/aromatic N) is 1. The monoisotopic (exact) mass is 206 g/mol. The molecule has 0 spiro atoms. The fourth-order valence-electron chi connectivity index (χ4n) is 1.09. The summed E-state index contributed by atoms with van der Waals surface area (Å²) < 4.78 is 0. The van der Waals surface area contributed by atoms with Crippen molar-refractivity contribution in [3.8, 4) is 12.3 Å². The molecule has 5 heteroatoms. The molecule has 15 heavy (non-hydrogen) atoms. The summed E-state index contributed by atoms with van der Waals surface area (Å²) in [5.74, 6) is 2.11. The van der Waals surface area contributed by atoms with Crippen LogP contribution in [0, 0.1) is 19.3 Å². The molecular weight excluding hydrogens is 192 g/mol. The Balaban J connectivity index is 2.41. The van der Waals surface area contributed by atoms with Crippen LogP contribution in [-0.2, 0) is 11.3 Å². The van der Waals surface area contributed by atoms with E-state index in [0.717, 1.165) is 11.3 Å². The molecule has 4 N–H and O–H groups in total. The number of rotatable bonds is 4. The summed E-state index contributed by atoms with van der Waals surface area (Å²) in [7, 11) is 0. The molecule has 1 aromatic heterocycles. The number of hydrogen-bond acceptors (Lipinski definition) is 3. The highest BCUT2D eigenvalue weighted by Gasteiger charge is 2.11. The van der Waals surface area contributed by atoms with Gasteiger partial charge in [-0.2, -0.15) is 5.10 Å². The Morgan fingerprint density at radius 2 is 2.60 bits per heavy atom. The zero-order valence-electron chi connectivity index (χ0n) is 8.58. The van der Waals surface area contributed by atoms with Crippen LogP contribution in [0.15, 0.2) is 6.20 Å². The molecule has 5 nitrogen and oxygen atoms in total. The maximum atomic E-state index is 11.4. The van der Waals surface area contributed by atoms with E-state index in [9.17, 15) is 4.79 Å². The molecule has 1 atom stereocenters. The lowest BCUT2D eigenvalue weighted by Crippen LogP contribution is -2.39. The third-order valence-electron chi connectivity index (χ3n) is 2.06. The Kier molecular flexibility index (Phi) is 3.89. The average molecular weight is 206 g/mol. The summed E-state index contributed by atoms with van der Waals surface area (Å²) in [5.41, 5.74) is 7.40. The topological polar surface area (TPSA) is 83.8 Å². The number of nitrogens with one attached hydrogen (secondary N) is 2. The van der Waals surface area contributed by atoms with E-state index >= 15 is 0 Å². The first kappa shape index (κ1) is 11.3.